The van der Waals surface area contributed by atoms with Gasteiger partial charge in [-0.15, -0.1) is 0 Å². The third kappa shape index (κ3) is 1.57. The second-order valence-electron chi connectivity index (χ2n) is 4.21. The van der Waals surface area contributed by atoms with Crippen LogP contribution >= 0.6 is 11.8 Å². The van der Waals surface area contributed by atoms with Crippen molar-refractivity contribution in [1.29, 1.82) is 0 Å². The Bertz CT molecular complexity index is 337. The fourth-order valence-electron chi connectivity index (χ4n) is 1.95. The van der Waals surface area contributed by atoms with Crippen molar-refractivity contribution < 1.29 is 5.11 Å². The topological polar surface area (TPSA) is 20.2 Å². The van der Waals surface area contributed by atoms with Gasteiger partial charge in [0.15, 0.2) is 0 Å². The second-order valence-corrected chi connectivity index (χ2v) is 5.24. The van der Waals surface area contributed by atoms with Gasteiger partial charge in [0.1, 0.15) is 5.60 Å². The number of hydrogen-bond donors (Lipinski definition) is 1. The molecule has 0 amide bonds. The van der Waals surface area contributed by atoms with Crippen LogP contribution in [0.5, 0.6) is 0 Å². The Hall–Kier alpha value is -0.470. The first-order chi connectivity index (χ1) is 6.63. The summed E-state index contributed by atoms with van der Waals surface area (Å²) in [6.07, 6.45) is 0. The lowest BCUT2D eigenvalue weighted by molar-refractivity contribution is 0.0234. The summed E-state index contributed by atoms with van der Waals surface area (Å²) in [6, 6.07) is 8.23. The minimum atomic E-state index is -0.601. The van der Waals surface area contributed by atoms with Crippen LogP contribution in [0.3, 0.4) is 0 Å². The van der Waals surface area contributed by atoms with Crippen LogP contribution in [-0.4, -0.2) is 16.6 Å². The summed E-state index contributed by atoms with van der Waals surface area (Å²) in [6.45, 7) is 4.20. The highest BCUT2D eigenvalue weighted by Gasteiger charge is 2.40. The zero-order valence-electron chi connectivity index (χ0n) is 8.66. The van der Waals surface area contributed by atoms with Crippen LogP contribution in [0.1, 0.15) is 18.1 Å². The van der Waals surface area contributed by atoms with Gasteiger partial charge < -0.3 is 5.11 Å². The molecule has 2 heteroatoms. The largest absolute Gasteiger partial charge is 0.384 e. The summed E-state index contributed by atoms with van der Waals surface area (Å²) in [5, 5.41) is 10.5. The Kier molecular flexibility index (Phi) is 2.58. The number of hydrogen-bond acceptors (Lipinski definition) is 2. The zero-order valence-corrected chi connectivity index (χ0v) is 9.47. The smallest absolute Gasteiger partial charge is 0.102 e. The molecule has 1 aliphatic heterocycles. The number of aryl methyl sites for hydroxylation is 1. The molecule has 1 fully saturated rings. The molecule has 2 atom stereocenters. The normalized spacial score (nSPS) is 32.1. The Morgan fingerprint density at radius 1 is 1.50 bits per heavy atom. The third-order valence-corrected chi connectivity index (χ3v) is 4.40. The highest BCUT2D eigenvalue weighted by Crippen LogP contribution is 2.41. The van der Waals surface area contributed by atoms with Gasteiger partial charge in [-0.1, -0.05) is 36.8 Å². The molecule has 1 saturated heterocycles. The van der Waals surface area contributed by atoms with E-state index in [2.05, 4.69) is 26.0 Å². The van der Waals surface area contributed by atoms with Crippen molar-refractivity contribution in [2.45, 2.75) is 19.4 Å². The highest BCUT2D eigenvalue weighted by atomic mass is 32.2. The molecule has 0 saturated carbocycles. The molecule has 14 heavy (non-hydrogen) atoms. The molecule has 1 aromatic rings. The molecule has 0 aliphatic carbocycles. The van der Waals surface area contributed by atoms with Crippen molar-refractivity contribution in [1.82, 2.24) is 0 Å². The van der Waals surface area contributed by atoms with Crippen molar-refractivity contribution in [3.05, 3.63) is 35.4 Å². The van der Waals surface area contributed by atoms with E-state index >= 15 is 0 Å². The molecular formula is C12H16OS. The maximum atomic E-state index is 10.5. The van der Waals surface area contributed by atoms with Gasteiger partial charge in [0.2, 0.25) is 0 Å². The van der Waals surface area contributed by atoms with Gasteiger partial charge in [-0.25, -0.2) is 0 Å². The van der Waals surface area contributed by atoms with Crippen LogP contribution in [0, 0.1) is 12.8 Å². The summed E-state index contributed by atoms with van der Waals surface area (Å²) in [5.74, 6) is 2.25. The SMILES string of the molecule is Cc1cccc([C@]2(O)CSC[C@@H]2C)c1. The van der Waals surface area contributed by atoms with Crippen LogP contribution < -0.4 is 0 Å². The van der Waals surface area contributed by atoms with Crippen LogP contribution in [-0.2, 0) is 5.60 Å². The molecule has 0 spiro atoms. The van der Waals surface area contributed by atoms with Crippen molar-refractivity contribution in [2.24, 2.45) is 5.92 Å². The van der Waals surface area contributed by atoms with Gasteiger partial charge >= 0.3 is 0 Å². The van der Waals surface area contributed by atoms with Gasteiger partial charge in [-0.2, -0.15) is 11.8 Å². The first-order valence-corrected chi connectivity index (χ1v) is 6.15. The maximum absolute atomic E-state index is 10.5. The number of aliphatic hydroxyl groups is 1. The monoisotopic (exact) mass is 208 g/mol. The van der Waals surface area contributed by atoms with E-state index in [0.29, 0.717) is 5.92 Å². The molecule has 2 rings (SSSR count). The summed E-state index contributed by atoms with van der Waals surface area (Å²) in [5.41, 5.74) is 1.70. The van der Waals surface area contributed by atoms with Crippen LogP contribution in [0.15, 0.2) is 24.3 Å². The predicted molar refractivity (Wildman–Crippen MR) is 61.6 cm³/mol. The molecule has 76 valence electrons. The summed E-state index contributed by atoms with van der Waals surface area (Å²) < 4.78 is 0. The third-order valence-electron chi connectivity index (χ3n) is 3.02. The lowest BCUT2D eigenvalue weighted by Gasteiger charge is -2.27. The van der Waals surface area contributed by atoms with E-state index in [-0.39, 0.29) is 0 Å². The lowest BCUT2D eigenvalue weighted by Crippen LogP contribution is -2.32. The average Bonchev–Trinajstić information content (AvgIpc) is 2.49. The molecule has 0 bridgehead atoms. The molecule has 0 aromatic heterocycles. The minimum Gasteiger partial charge on any atom is -0.384 e. The number of rotatable bonds is 1. The second kappa shape index (κ2) is 3.59. The van der Waals surface area contributed by atoms with Crippen molar-refractivity contribution in [3.8, 4) is 0 Å². The van der Waals surface area contributed by atoms with E-state index in [9.17, 15) is 5.11 Å². The summed E-state index contributed by atoms with van der Waals surface area (Å²) in [7, 11) is 0. The number of benzene rings is 1. The summed E-state index contributed by atoms with van der Waals surface area (Å²) >= 11 is 1.84. The molecule has 1 N–H and O–H groups in total. The van der Waals surface area contributed by atoms with E-state index in [1.807, 2.05) is 23.9 Å². The van der Waals surface area contributed by atoms with Gasteiger partial charge in [-0.05, 0) is 24.2 Å². The number of thioether (sulfide) groups is 1. The van der Waals surface area contributed by atoms with Crippen LogP contribution in [0.2, 0.25) is 0 Å². The fraction of sp³-hybridized carbons (Fsp3) is 0.500. The van der Waals surface area contributed by atoms with Crippen molar-refractivity contribution in [3.63, 3.8) is 0 Å². The van der Waals surface area contributed by atoms with Gasteiger partial charge in [0.05, 0.1) is 0 Å². The fourth-order valence-corrected chi connectivity index (χ4v) is 3.46. The lowest BCUT2D eigenvalue weighted by atomic mass is 9.85. The van der Waals surface area contributed by atoms with Gasteiger partial charge in [-0.3, -0.25) is 0 Å². The predicted octanol–water partition coefficient (Wildman–Crippen LogP) is 2.57. The van der Waals surface area contributed by atoms with Crippen molar-refractivity contribution in [2.75, 3.05) is 11.5 Å². The molecule has 1 heterocycles. The summed E-state index contributed by atoms with van der Waals surface area (Å²) in [4.78, 5) is 0. The van der Waals surface area contributed by atoms with Crippen molar-refractivity contribution >= 4 is 11.8 Å². The highest BCUT2D eigenvalue weighted by molar-refractivity contribution is 7.99. The molecule has 1 aromatic carbocycles. The Labute approximate surface area is 89.5 Å². The standard InChI is InChI=1S/C12H16OS/c1-9-4-3-5-11(6-9)12(13)8-14-7-10(12)2/h3-6,10,13H,7-8H2,1-2H3/t10-,12-/m0/s1. The Balaban J connectivity index is 2.38. The molecule has 0 unspecified atom stereocenters. The molecular weight excluding hydrogens is 192 g/mol. The van der Waals surface area contributed by atoms with E-state index in [0.717, 1.165) is 17.1 Å². The van der Waals surface area contributed by atoms with E-state index < -0.39 is 5.60 Å². The van der Waals surface area contributed by atoms with E-state index in [1.54, 1.807) is 0 Å². The zero-order chi connectivity index (χ0) is 10.2. The first-order valence-electron chi connectivity index (χ1n) is 5.00. The molecule has 1 aliphatic rings. The maximum Gasteiger partial charge on any atom is 0.102 e. The molecule has 1 nitrogen and oxygen atoms in total. The molecule has 0 radical (unpaired) electrons. The Morgan fingerprint density at radius 2 is 2.29 bits per heavy atom. The van der Waals surface area contributed by atoms with Crippen LogP contribution in [0.4, 0.5) is 0 Å². The Morgan fingerprint density at radius 3 is 2.86 bits per heavy atom. The average molecular weight is 208 g/mol. The minimum absolute atomic E-state index is 0.356. The first kappa shape index (κ1) is 10.1. The van der Waals surface area contributed by atoms with Crippen LogP contribution in [0.25, 0.3) is 0 Å². The quantitative estimate of drug-likeness (QED) is 0.765. The van der Waals surface area contributed by atoms with Gasteiger partial charge in [0.25, 0.3) is 0 Å². The van der Waals surface area contributed by atoms with Gasteiger partial charge in [0, 0.05) is 5.75 Å². The van der Waals surface area contributed by atoms with E-state index in [4.69, 9.17) is 0 Å². The van der Waals surface area contributed by atoms with E-state index in [1.165, 1.54) is 5.56 Å².